The fraction of sp³-hybridized carbons (Fsp3) is 0.538. The second-order valence-electron chi connectivity index (χ2n) is 5.64. The lowest BCUT2D eigenvalue weighted by atomic mass is 9.91. The molecule has 0 aromatic heterocycles. The maximum Gasteiger partial charge on any atom is 0.269 e. The lowest BCUT2D eigenvalue weighted by molar-refractivity contribution is -0.384. The van der Waals surface area contributed by atoms with Crippen molar-refractivity contribution >= 4 is 11.4 Å². The summed E-state index contributed by atoms with van der Waals surface area (Å²) in [4.78, 5) is 10.3. The van der Waals surface area contributed by atoms with Crippen molar-refractivity contribution in [2.75, 3.05) is 5.01 Å². The summed E-state index contributed by atoms with van der Waals surface area (Å²) in [5, 5.41) is 21.3. The Morgan fingerprint density at radius 1 is 1.21 bits per heavy atom. The minimum atomic E-state index is -0.379. The van der Waals surface area contributed by atoms with E-state index in [1.165, 1.54) is 31.4 Å². The van der Waals surface area contributed by atoms with Crippen molar-refractivity contribution in [1.29, 1.82) is 0 Å². The predicted octanol–water partition coefficient (Wildman–Crippen LogP) is 2.95. The number of non-ortho nitro benzene ring substituents is 1. The molecule has 6 heteroatoms. The van der Waals surface area contributed by atoms with Crippen LogP contribution in [0.25, 0.3) is 0 Å². The van der Waals surface area contributed by atoms with Gasteiger partial charge in [-0.05, 0) is 43.2 Å². The molecule has 6 nitrogen and oxygen atoms in total. The van der Waals surface area contributed by atoms with E-state index in [0.717, 1.165) is 5.69 Å². The van der Waals surface area contributed by atoms with Gasteiger partial charge in [0.1, 0.15) is 0 Å². The Balaban J connectivity index is 1.63. The lowest BCUT2D eigenvalue weighted by Gasteiger charge is -2.28. The highest BCUT2D eigenvalue weighted by molar-refractivity contribution is 5.52. The third kappa shape index (κ3) is 1.49. The molecule has 0 spiro atoms. The van der Waals surface area contributed by atoms with Crippen LogP contribution in [0.15, 0.2) is 34.6 Å². The number of nitrogens with zero attached hydrogens (tertiary/aromatic N) is 4. The van der Waals surface area contributed by atoms with Gasteiger partial charge in [-0.25, -0.2) is 5.01 Å². The van der Waals surface area contributed by atoms with Crippen molar-refractivity contribution in [3.8, 4) is 0 Å². The Hall–Kier alpha value is -1.98. The van der Waals surface area contributed by atoms with Crippen molar-refractivity contribution < 1.29 is 4.92 Å². The molecule has 2 aliphatic carbocycles. The Labute approximate surface area is 110 Å². The average Bonchev–Trinajstić information content (AvgIpc) is 3.11. The van der Waals surface area contributed by atoms with Crippen LogP contribution in [0.2, 0.25) is 0 Å². The van der Waals surface area contributed by atoms with Gasteiger partial charge in [0.25, 0.3) is 5.69 Å². The normalized spacial score (nSPS) is 34.8. The SMILES string of the molecule is O=[N+]([O-])c1ccc(N2N=N[C@@H]3[C@H]4CC[C@H](C4)[C@@H]32)cc1. The molecule has 0 N–H and O–H groups in total. The molecule has 0 amide bonds. The number of rotatable bonds is 2. The van der Waals surface area contributed by atoms with E-state index in [4.69, 9.17) is 0 Å². The monoisotopic (exact) mass is 258 g/mol. The van der Waals surface area contributed by atoms with E-state index in [9.17, 15) is 10.1 Å². The van der Waals surface area contributed by atoms with Gasteiger partial charge in [-0.2, -0.15) is 5.11 Å². The highest BCUT2D eigenvalue weighted by Gasteiger charge is 2.53. The first-order valence-electron chi connectivity index (χ1n) is 6.68. The van der Waals surface area contributed by atoms with Crippen molar-refractivity contribution in [2.24, 2.45) is 22.2 Å². The molecule has 0 saturated heterocycles. The van der Waals surface area contributed by atoms with E-state index >= 15 is 0 Å². The van der Waals surface area contributed by atoms with Crippen molar-refractivity contribution in [3.63, 3.8) is 0 Å². The summed E-state index contributed by atoms with van der Waals surface area (Å²) in [5.41, 5.74) is 1.03. The molecule has 1 aromatic carbocycles. The van der Waals surface area contributed by atoms with Gasteiger partial charge in [-0.3, -0.25) is 10.1 Å². The van der Waals surface area contributed by atoms with Crippen molar-refractivity contribution in [2.45, 2.75) is 31.3 Å². The summed E-state index contributed by atoms with van der Waals surface area (Å²) in [6.45, 7) is 0. The molecule has 1 aromatic rings. The van der Waals surface area contributed by atoms with Crippen LogP contribution < -0.4 is 5.01 Å². The van der Waals surface area contributed by atoms with Crippen molar-refractivity contribution in [3.05, 3.63) is 34.4 Å². The molecule has 0 radical (unpaired) electrons. The van der Waals surface area contributed by atoms with Crippen LogP contribution in [-0.2, 0) is 0 Å². The van der Waals surface area contributed by atoms with Gasteiger partial charge in [-0.15, -0.1) is 0 Å². The van der Waals surface area contributed by atoms with Crippen LogP contribution in [0.4, 0.5) is 11.4 Å². The zero-order chi connectivity index (χ0) is 13.0. The highest BCUT2D eigenvalue weighted by Crippen LogP contribution is 2.51. The Kier molecular flexibility index (Phi) is 2.15. The van der Waals surface area contributed by atoms with Crippen LogP contribution in [0.3, 0.4) is 0 Å². The number of fused-ring (bicyclic) bond motifs is 5. The van der Waals surface area contributed by atoms with E-state index in [1.54, 1.807) is 12.1 Å². The minimum Gasteiger partial charge on any atom is -0.258 e. The zero-order valence-corrected chi connectivity index (χ0v) is 10.3. The number of nitro benzene ring substituents is 1. The summed E-state index contributed by atoms with van der Waals surface area (Å²) in [6.07, 6.45) is 3.80. The van der Waals surface area contributed by atoms with Gasteiger partial charge in [0.15, 0.2) is 0 Å². The standard InChI is InChI=1S/C13H14N4O2/c18-17(19)11-5-3-10(4-6-11)16-13-9-2-1-8(7-9)12(13)14-15-16/h3-6,8-9,12-13H,1-2,7H2/t8-,9+,12+,13-/m0/s1. The molecule has 2 fully saturated rings. The van der Waals surface area contributed by atoms with E-state index in [0.29, 0.717) is 23.9 Å². The molecule has 2 bridgehead atoms. The van der Waals surface area contributed by atoms with E-state index in [-0.39, 0.29) is 10.6 Å². The first-order valence-corrected chi connectivity index (χ1v) is 6.68. The molecule has 1 aliphatic heterocycles. The molecule has 4 atom stereocenters. The minimum absolute atomic E-state index is 0.115. The fourth-order valence-electron chi connectivity index (χ4n) is 3.86. The Morgan fingerprint density at radius 2 is 1.95 bits per heavy atom. The number of anilines is 1. The molecule has 3 aliphatic rings. The maximum absolute atomic E-state index is 10.7. The van der Waals surface area contributed by atoms with E-state index in [1.807, 2.05) is 5.01 Å². The van der Waals surface area contributed by atoms with E-state index in [2.05, 4.69) is 10.3 Å². The molecule has 0 unspecified atom stereocenters. The molecule has 4 rings (SSSR count). The van der Waals surface area contributed by atoms with Crippen LogP contribution in [0, 0.1) is 22.0 Å². The second-order valence-corrected chi connectivity index (χ2v) is 5.64. The van der Waals surface area contributed by atoms with Crippen LogP contribution in [-0.4, -0.2) is 17.0 Å². The zero-order valence-electron chi connectivity index (χ0n) is 10.3. The fourth-order valence-corrected chi connectivity index (χ4v) is 3.86. The van der Waals surface area contributed by atoms with Gasteiger partial charge in [0.05, 0.1) is 22.7 Å². The Morgan fingerprint density at radius 3 is 2.68 bits per heavy atom. The first-order chi connectivity index (χ1) is 9.24. The molecule has 98 valence electrons. The van der Waals surface area contributed by atoms with E-state index < -0.39 is 0 Å². The summed E-state index contributed by atoms with van der Waals surface area (Å²) in [6, 6.07) is 7.32. The quantitative estimate of drug-likeness (QED) is 0.604. The number of benzene rings is 1. The highest BCUT2D eigenvalue weighted by atomic mass is 16.6. The molecular weight excluding hydrogens is 244 g/mol. The summed E-state index contributed by atoms with van der Waals surface area (Å²) < 4.78 is 0. The maximum atomic E-state index is 10.7. The summed E-state index contributed by atoms with van der Waals surface area (Å²) in [7, 11) is 0. The molecular formula is C13H14N4O2. The summed E-state index contributed by atoms with van der Waals surface area (Å²) >= 11 is 0. The molecule has 1 heterocycles. The number of hydrogen-bond acceptors (Lipinski definition) is 5. The third-order valence-electron chi connectivity index (χ3n) is 4.72. The largest absolute Gasteiger partial charge is 0.269 e. The lowest BCUT2D eigenvalue weighted by Crippen LogP contribution is -2.39. The van der Waals surface area contributed by atoms with Gasteiger partial charge < -0.3 is 0 Å². The van der Waals surface area contributed by atoms with Gasteiger partial charge >= 0.3 is 0 Å². The van der Waals surface area contributed by atoms with Crippen molar-refractivity contribution in [1.82, 2.24) is 0 Å². The third-order valence-corrected chi connectivity index (χ3v) is 4.72. The molecule has 19 heavy (non-hydrogen) atoms. The Bertz CT molecular complexity index is 556. The van der Waals surface area contributed by atoms with Crippen LogP contribution in [0.1, 0.15) is 19.3 Å². The average molecular weight is 258 g/mol. The first kappa shape index (κ1) is 10.9. The van der Waals surface area contributed by atoms with Crippen LogP contribution in [0.5, 0.6) is 0 Å². The second kappa shape index (κ2) is 3.76. The van der Waals surface area contributed by atoms with Gasteiger partial charge in [0.2, 0.25) is 0 Å². The smallest absolute Gasteiger partial charge is 0.258 e. The molecule has 2 saturated carbocycles. The predicted molar refractivity (Wildman–Crippen MR) is 68.8 cm³/mol. The summed E-state index contributed by atoms with van der Waals surface area (Å²) in [5.74, 6) is 1.38. The van der Waals surface area contributed by atoms with Gasteiger partial charge in [0, 0.05) is 12.1 Å². The van der Waals surface area contributed by atoms with Gasteiger partial charge in [-0.1, -0.05) is 5.22 Å². The van der Waals surface area contributed by atoms with Crippen LogP contribution >= 0.6 is 0 Å². The topological polar surface area (TPSA) is 71.1 Å². The number of nitro groups is 1. The number of hydrogen-bond donors (Lipinski definition) is 0.